The summed E-state index contributed by atoms with van der Waals surface area (Å²) in [6, 6.07) is 3.84. The minimum atomic E-state index is -0.304. The van der Waals surface area contributed by atoms with E-state index in [0.29, 0.717) is 4.88 Å². The fraction of sp³-hybridized carbons (Fsp3) is 0.444. The van der Waals surface area contributed by atoms with Gasteiger partial charge in [-0.1, -0.05) is 0 Å². The fourth-order valence-electron chi connectivity index (χ4n) is 1.23. The predicted octanol–water partition coefficient (Wildman–Crippen LogP) is 1.80. The molecule has 1 saturated carbocycles. The molecule has 2 nitrogen and oxygen atoms in total. The molecule has 1 fully saturated rings. The van der Waals surface area contributed by atoms with Crippen molar-refractivity contribution in [3.63, 3.8) is 0 Å². The average Bonchev–Trinajstić information content (AvgIpc) is 2.66. The van der Waals surface area contributed by atoms with Crippen LogP contribution in [0.25, 0.3) is 0 Å². The average molecular weight is 181 g/mol. The Kier molecular flexibility index (Phi) is 1.89. The summed E-state index contributed by atoms with van der Waals surface area (Å²) < 4.78 is 0. The van der Waals surface area contributed by atoms with Gasteiger partial charge in [-0.3, -0.25) is 4.79 Å². The normalized spacial score (nSPS) is 16.3. The van der Waals surface area contributed by atoms with Crippen molar-refractivity contribution in [2.24, 2.45) is 11.7 Å². The lowest BCUT2D eigenvalue weighted by Gasteiger charge is -1.90. The highest BCUT2D eigenvalue weighted by Crippen LogP contribution is 2.34. The van der Waals surface area contributed by atoms with Crippen LogP contribution in [0, 0.1) is 5.92 Å². The van der Waals surface area contributed by atoms with Crippen molar-refractivity contribution in [2.75, 3.05) is 0 Å². The minimum Gasteiger partial charge on any atom is -0.365 e. The number of rotatable bonds is 3. The van der Waals surface area contributed by atoms with Crippen LogP contribution in [0.5, 0.6) is 0 Å². The number of carbonyl (C=O) groups excluding carboxylic acids is 1. The maximum Gasteiger partial charge on any atom is 0.258 e. The fourth-order valence-corrected chi connectivity index (χ4v) is 2.20. The smallest absolute Gasteiger partial charge is 0.258 e. The molecule has 0 saturated heterocycles. The number of hydrogen-bond donors (Lipinski definition) is 1. The van der Waals surface area contributed by atoms with E-state index in [1.807, 2.05) is 12.1 Å². The SMILES string of the molecule is NC(=O)c1ccc(CC2CC2)s1. The molecule has 1 amide bonds. The first-order chi connectivity index (χ1) is 5.75. The van der Waals surface area contributed by atoms with Crippen LogP contribution < -0.4 is 5.73 Å². The first kappa shape index (κ1) is 7.80. The van der Waals surface area contributed by atoms with Crippen LogP contribution >= 0.6 is 11.3 Å². The largest absolute Gasteiger partial charge is 0.365 e. The van der Waals surface area contributed by atoms with Crippen molar-refractivity contribution in [3.05, 3.63) is 21.9 Å². The van der Waals surface area contributed by atoms with Crippen LogP contribution in [0.3, 0.4) is 0 Å². The Morgan fingerprint density at radius 1 is 1.58 bits per heavy atom. The summed E-state index contributed by atoms with van der Waals surface area (Å²) in [5.41, 5.74) is 5.15. The van der Waals surface area contributed by atoms with Crippen LogP contribution in [-0.2, 0) is 6.42 Å². The van der Waals surface area contributed by atoms with Crippen molar-refractivity contribution in [3.8, 4) is 0 Å². The van der Waals surface area contributed by atoms with Gasteiger partial charge < -0.3 is 5.73 Å². The van der Waals surface area contributed by atoms with Crippen molar-refractivity contribution in [2.45, 2.75) is 19.3 Å². The van der Waals surface area contributed by atoms with Gasteiger partial charge in [-0.25, -0.2) is 0 Å². The number of thiophene rings is 1. The third kappa shape index (κ3) is 1.67. The van der Waals surface area contributed by atoms with E-state index in [1.54, 1.807) is 0 Å². The second kappa shape index (κ2) is 2.90. The monoisotopic (exact) mass is 181 g/mol. The predicted molar refractivity (Wildman–Crippen MR) is 49.3 cm³/mol. The molecule has 0 aliphatic heterocycles. The van der Waals surface area contributed by atoms with E-state index in [1.165, 1.54) is 29.1 Å². The molecule has 64 valence electrons. The van der Waals surface area contributed by atoms with Crippen molar-refractivity contribution in [1.29, 1.82) is 0 Å². The van der Waals surface area contributed by atoms with Gasteiger partial charge in [0.25, 0.3) is 5.91 Å². The highest BCUT2D eigenvalue weighted by atomic mass is 32.1. The molecule has 2 rings (SSSR count). The molecule has 0 atom stereocenters. The Morgan fingerprint density at radius 2 is 2.33 bits per heavy atom. The summed E-state index contributed by atoms with van der Waals surface area (Å²) >= 11 is 1.53. The van der Waals surface area contributed by atoms with E-state index in [4.69, 9.17) is 5.73 Å². The van der Waals surface area contributed by atoms with Crippen LogP contribution in [0.4, 0.5) is 0 Å². The summed E-state index contributed by atoms with van der Waals surface area (Å²) in [7, 11) is 0. The lowest BCUT2D eigenvalue weighted by Crippen LogP contribution is -2.08. The molecule has 1 aliphatic rings. The summed E-state index contributed by atoms with van der Waals surface area (Å²) in [4.78, 5) is 12.7. The number of hydrogen-bond acceptors (Lipinski definition) is 2. The molecule has 1 aliphatic carbocycles. The number of amides is 1. The van der Waals surface area contributed by atoms with Crippen LogP contribution in [-0.4, -0.2) is 5.91 Å². The quantitative estimate of drug-likeness (QED) is 0.759. The van der Waals surface area contributed by atoms with Crippen molar-refractivity contribution < 1.29 is 4.79 Å². The third-order valence-electron chi connectivity index (χ3n) is 2.09. The molecule has 2 N–H and O–H groups in total. The van der Waals surface area contributed by atoms with Gasteiger partial charge >= 0.3 is 0 Å². The van der Waals surface area contributed by atoms with Crippen molar-refractivity contribution in [1.82, 2.24) is 0 Å². The van der Waals surface area contributed by atoms with E-state index in [2.05, 4.69) is 0 Å². The van der Waals surface area contributed by atoms with Crippen LogP contribution in [0.2, 0.25) is 0 Å². The Morgan fingerprint density at radius 3 is 2.83 bits per heavy atom. The lowest BCUT2D eigenvalue weighted by molar-refractivity contribution is 0.100. The molecule has 1 aromatic heterocycles. The molecule has 3 heteroatoms. The molecule has 0 aromatic carbocycles. The second-order valence-corrected chi connectivity index (χ2v) is 4.45. The summed E-state index contributed by atoms with van der Waals surface area (Å²) in [5, 5.41) is 0. The van der Waals surface area contributed by atoms with Gasteiger partial charge in [0, 0.05) is 4.88 Å². The molecule has 0 spiro atoms. The van der Waals surface area contributed by atoms with Crippen molar-refractivity contribution >= 4 is 17.2 Å². The maximum atomic E-state index is 10.7. The summed E-state index contributed by atoms with van der Waals surface area (Å²) in [6.07, 6.45) is 3.84. The van der Waals surface area contributed by atoms with Gasteiger partial charge in [0.2, 0.25) is 0 Å². The molecule has 1 heterocycles. The van der Waals surface area contributed by atoms with E-state index in [0.717, 1.165) is 12.3 Å². The van der Waals surface area contributed by atoms with Crippen LogP contribution in [0.1, 0.15) is 27.4 Å². The number of primary amides is 1. The lowest BCUT2D eigenvalue weighted by atomic mass is 10.2. The van der Waals surface area contributed by atoms with Gasteiger partial charge in [-0.05, 0) is 37.3 Å². The Balaban J connectivity index is 2.06. The molecule has 12 heavy (non-hydrogen) atoms. The first-order valence-electron chi connectivity index (χ1n) is 4.14. The second-order valence-electron chi connectivity index (χ2n) is 3.28. The highest BCUT2D eigenvalue weighted by Gasteiger charge is 2.22. The summed E-state index contributed by atoms with van der Waals surface area (Å²) in [6.45, 7) is 0. The molecule has 1 aromatic rings. The molecule has 0 bridgehead atoms. The zero-order chi connectivity index (χ0) is 8.55. The Labute approximate surface area is 75.4 Å². The molecular weight excluding hydrogens is 170 g/mol. The topological polar surface area (TPSA) is 43.1 Å². The van der Waals surface area contributed by atoms with Crippen LogP contribution in [0.15, 0.2) is 12.1 Å². The Hall–Kier alpha value is -0.830. The molecular formula is C9H11NOS. The van der Waals surface area contributed by atoms with Gasteiger partial charge in [0.15, 0.2) is 0 Å². The van der Waals surface area contributed by atoms with Gasteiger partial charge in [0.05, 0.1) is 4.88 Å². The van der Waals surface area contributed by atoms with E-state index >= 15 is 0 Å². The number of nitrogens with two attached hydrogens (primary N) is 1. The van der Waals surface area contributed by atoms with Gasteiger partial charge in [0.1, 0.15) is 0 Å². The third-order valence-corrected chi connectivity index (χ3v) is 3.21. The standard InChI is InChI=1S/C9H11NOS/c10-9(11)8-4-3-7(12-8)5-6-1-2-6/h3-4,6H,1-2,5H2,(H2,10,11). The molecule has 0 unspecified atom stereocenters. The number of carbonyl (C=O) groups is 1. The van der Waals surface area contributed by atoms with Gasteiger partial charge in [-0.15, -0.1) is 11.3 Å². The Bertz CT molecular complexity index is 301. The highest BCUT2D eigenvalue weighted by molar-refractivity contribution is 7.14. The first-order valence-corrected chi connectivity index (χ1v) is 4.96. The zero-order valence-electron chi connectivity index (χ0n) is 6.75. The van der Waals surface area contributed by atoms with E-state index in [-0.39, 0.29) is 5.91 Å². The van der Waals surface area contributed by atoms with Gasteiger partial charge in [-0.2, -0.15) is 0 Å². The van der Waals surface area contributed by atoms with E-state index in [9.17, 15) is 4.79 Å². The minimum absolute atomic E-state index is 0.304. The maximum absolute atomic E-state index is 10.7. The van der Waals surface area contributed by atoms with E-state index < -0.39 is 0 Å². The zero-order valence-corrected chi connectivity index (χ0v) is 7.56. The molecule has 0 radical (unpaired) electrons. The summed E-state index contributed by atoms with van der Waals surface area (Å²) in [5.74, 6) is 0.575.